The van der Waals surface area contributed by atoms with Crippen molar-refractivity contribution in [3.63, 3.8) is 0 Å². The molecule has 4 heteroatoms. The maximum Gasteiger partial charge on any atom is 0.167 e. The summed E-state index contributed by atoms with van der Waals surface area (Å²) in [6.07, 6.45) is 0.652. The van der Waals surface area contributed by atoms with Gasteiger partial charge in [-0.2, -0.15) is 0 Å². The van der Waals surface area contributed by atoms with Crippen molar-refractivity contribution in [3.05, 3.63) is 64.7 Å². The van der Waals surface area contributed by atoms with E-state index < -0.39 is 0 Å². The van der Waals surface area contributed by atoms with Gasteiger partial charge in [0, 0.05) is 30.1 Å². The van der Waals surface area contributed by atoms with E-state index >= 15 is 0 Å². The van der Waals surface area contributed by atoms with Gasteiger partial charge in [-0.3, -0.25) is 4.79 Å². The summed E-state index contributed by atoms with van der Waals surface area (Å²) < 4.78 is 5.75. The van der Waals surface area contributed by atoms with E-state index in [2.05, 4.69) is 5.32 Å². The molecule has 0 radical (unpaired) electrons. The second kappa shape index (κ2) is 6.29. The molecule has 0 aliphatic carbocycles. The molecule has 1 aliphatic heterocycles. The minimum Gasteiger partial charge on any atom is -0.488 e. The molecule has 0 atom stereocenters. The first-order chi connectivity index (χ1) is 10.2. The third-order valence-electron chi connectivity index (χ3n) is 3.50. The van der Waals surface area contributed by atoms with E-state index in [9.17, 15) is 4.79 Å². The molecule has 0 aromatic heterocycles. The molecule has 1 saturated heterocycles. The maximum atomic E-state index is 12.2. The van der Waals surface area contributed by atoms with Gasteiger partial charge in [0.1, 0.15) is 11.9 Å². The molecule has 0 bridgehead atoms. The predicted octanol–water partition coefficient (Wildman–Crippen LogP) is 3.12. The van der Waals surface area contributed by atoms with Crippen LogP contribution in [-0.2, 0) is 6.42 Å². The van der Waals surface area contributed by atoms with E-state index in [4.69, 9.17) is 16.3 Å². The summed E-state index contributed by atoms with van der Waals surface area (Å²) >= 11 is 5.82. The number of carbonyl (C=O) groups is 1. The van der Waals surface area contributed by atoms with Crippen LogP contribution in [0.4, 0.5) is 0 Å². The molecule has 1 fully saturated rings. The molecular weight excluding hydrogens is 286 g/mol. The van der Waals surface area contributed by atoms with E-state index in [1.165, 1.54) is 0 Å². The monoisotopic (exact) mass is 301 g/mol. The Labute approximate surface area is 128 Å². The maximum absolute atomic E-state index is 12.2. The van der Waals surface area contributed by atoms with E-state index in [0.29, 0.717) is 17.0 Å². The van der Waals surface area contributed by atoms with Crippen molar-refractivity contribution in [2.45, 2.75) is 12.5 Å². The van der Waals surface area contributed by atoms with Crippen molar-refractivity contribution < 1.29 is 9.53 Å². The molecule has 1 heterocycles. The molecule has 3 nitrogen and oxygen atoms in total. The third-order valence-corrected chi connectivity index (χ3v) is 3.75. The zero-order valence-electron chi connectivity index (χ0n) is 11.5. The molecule has 0 saturated carbocycles. The molecular formula is C17H16ClNO2. The smallest absolute Gasteiger partial charge is 0.167 e. The Hall–Kier alpha value is -1.84. The molecule has 2 aromatic carbocycles. The highest BCUT2D eigenvalue weighted by atomic mass is 35.5. The first-order valence-corrected chi connectivity index (χ1v) is 7.33. The van der Waals surface area contributed by atoms with Gasteiger partial charge in [-0.25, -0.2) is 0 Å². The average molecular weight is 302 g/mol. The molecule has 3 rings (SSSR count). The van der Waals surface area contributed by atoms with Crippen molar-refractivity contribution in [2.75, 3.05) is 13.1 Å². The number of rotatable bonds is 5. The lowest BCUT2D eigenvalue weighted by Crippen LogP contribution is -2.50. The SMILES string of the molecule is O=C(Cc1ccc(OC2CNC2)cc1)c1ccc(Cl)cc1. The fourth-order valence-electron chi connectivity index (χ4n) is 2.15. The van der Waals surface area contributed by atoms with Crippen LogP contribution in [0.5, 0.6) is 5.75 Å². The molecule has 108 valence electrons. The van der Waals surface area contributed by atoms with Gasteiger partial charge < -0.3 is 10.1 Å². The number of hydrogen-bond acceptors (Lipinski definition) is 3. The highest BCUT2D eigenvalue weighted by molar-refractivity contribution is 6.30. The van der Waals surface area contributed by atoms with Crippen LogP contribution in [-0.4, -0.2) is 25.0 Å². The summed E-state index contributed by atoms with van der Waals surface area (Å²) in [5.41, 5.74) is 1.66. The van der Waals surface area contributed by atoms with Crippen LogP contribution >= 0.6 is 11.6 Å². The van der Waals surface area contributed by atoms with Crippen LogP contribution in [0.1, 0.15) is 15.9 Å². The zero-order chi connectivity index (χ0) is 14.7. The molecule has 1 aliphatic rings. The molecule has 0 unspecified atom stereocenters. The lowest BCUT2D eigenvalue weighted by molar-refractivity contribution is 0.0993. The van der Waals surface area contributed by atoms with Crippen LogP contribution in [0.2, 0.25) is 5.02 Å². The van der Waals surface area contributed by atoms with Crippen molar-refractivity contribution in [2.24, 2.45) is 0 Å². The average Bonchev–Trinajstić information content (AvgIpc) is 2.45. The molecule has 0 amide bonds. The second-order valence-corrected chi connectivity index (χ2v) is 5.59. The summed E-state index contributed by atoms with van der Waals surface area (Å²) in [4.78, 5) is 12.2. The minimum absolute atomic E-state index is 0.0866. The Morgan fingerprint density at radius 2 is 1.76 bits per heavy atom. The van der Waals surface area contributed by atoms with Crippen molar-refractivity contribution >= 4 is 17.4 Å². The van der Waals surface area contributed by atoms with Crippen molar-refractivity contribution in [3.8, 4) is 5.75 Å². The second-order valence-electron chi connectivity index (χ2n) is 5.15. The Morgan fingerprint density at radius 3 is 2.33 bits per heavy atom. The van der Waals surface area contributed by atoms with Gasteiger partial charge in [-0.05, 0) is 42.0 Å². The predicted molar refractivity (Wildman–Crippen MR) is 83.2 cm³/mol. The quantitative estimate of drug-likeness (QED) is 0.862. The van der Waals surface area contributed by atoms with Crippen LogP contribution < -0.4 is 10.1 Å². The number of ketones is 1. The Kier molecular flexibility index (Phi) is 4.23. The fourth-order valence-corrected chi connectivity index (χ4v) is 2.27. The number of halogens is 1. The third kappa shape index (κ3) is 3.63. The first-order valence-electron chi connectivity index (χ1n) is 6.96. The molecule has 21 heavy (non-hydrogen) atoms. The standard InChI is InChI=1S/C17H16ClNO2/c18-14-5-3-13(4-6-14)17(20)9-12-1-7-15(8-2-12)21-16-10-19-11-16/h1-8,16,19H,9-11H2. The van der Waals surface area contributed by atoms with E-state index in [1.54, 1.807) is 24.3 Å². The normalized spacial score (nSPS) is 14.5. The highest BCUT2D eigenvalue weighted by Gasteiger charge is 2.18. The summed E-state index contributed by atoms with van der Waals surface area (Å²) in [5.74, 6) is 0.938. The largest absolute Gasteiger partial charge is 0.488 e. The van der Waals surface area contributed by atoms with Gasteiger partial charge >= 0.3 is 0 Å². The number of Topliss-reactive ketones (excluding diaryl/α,β-unsaturated/α-hetero) is 1. The number of carbonyl (C=O) groups excluding carboxylic acids is 1. The Balaban J connectivity index is 1.61. The topological polar surface area (TPSA) is 38.3 Å². The zero-order valence-corrected chi connectivity index (χ0v) is 12.3. The van der Waals surface area contributed by atoms with E-state index in [1.807, 2.05) is 24.3 Å². The summed E-state index contributed by atoms with van der Waals surface area (Å²) in [6.45, 7) is 1.80. The summed E-state index contributed by atoms with van der Waals surface area (Å²) in [6, 6.07) is 14.7. The number of ether oxygens (including phenoxy) is 1. The Morgan fingerprint density at radius 1 is 1.10 bits per heavy atom. The summed E-state index contributed by atoms with van der Waals surface area (Å²) in [5, 5.41) is 3.80. The van der Waals surface area contributed by atoms with Crippen LogP contribution in [0, 0.1) is 0 Å². The molecule has 2 aromatic rings. The van der Waals surface area contributed by atoms with Crippen LogP contribution in [0.3, 0.4) is 0 Å². The van der Waals surface area contributed by atoms with Gasteiger partial charge in [-0.15, -0.1) is 0 Å². The van der Waals surface area contributed by atoms with Gasteiger partial charge in [-0.1, -0.05) is 23.7 Å². The first kappa shape index (κ1) is 14.1. The minimum atomic E-state index is 0.0866. The van der Waals surface area contributed by atoms with Gasteiger partial charge in [0.15, 0.2) is 5.78 Å². The van der Waals surface area contributed by atoms with E-state index in [0.717, 1.165) is 24.4 Å². The fraction of sp³-hybridized carbons (Fsp3) is 0.235. The van der Waals surface area contributed by atoms with E-state index in [-0.39, 0.29) is 11.9 Å². The number of benzene rings is 2. The van der Waals surface area contributed by atoms with Crippen LogP contribution in [0.25, 0.3) is 0 Å². The van der Waals surface area contributed by atoms with Gasteiger partial charge in [0.05, 0.1) is 0 Å². The van der Waals surface area contributed by atoms with Crippen molar-refractivity contribution in [1.29, 1.82) is 0 Å². The van der Waals surface area contributed by atoms with Crippen molar-refractivity contribution in [1.82, 2.24) is 5.32 Å². The highest BCUT2D eigenvalue weighted by Crippen LogP contribution is 2.17. The number of hydrogen-bond donors (Lipinski definition) is 1. The van der Waals surface area contributed by atoms with Crippen LogP contribution in [0.15, 0.2) is 48.5 Å². The lowest BCUT2D eigenvalue weighted by Gasteiger charge is -2.27. The van der Waals surface area contributed by atoms with Gasteiger partial charge in [0.25, 0.3) is 0 Å². The molecule has 0 spiro atoms. The molecule has 1 N–H and O–H groups in total. The summed E-state index contributed by atoms with van der Waals surface area (Å²) in [7, 11) is 0. The Bertz CT molecular complexity index is 618. The van der Waals surface area contributed by atoms with Gasteiger partial charge in [0.2, 0.25) is 0 Å². The number of nitrogens with one attached hydrogen (secondary N) is 1. The lowest BCUT2D eigenvalue weighted by atomic mass is 10.0.